The van der Waals surface area contributed by atoms with E-state index in [4.69, 9.17) is 0 Å². The van der Waals surface area contributed by atoms with Crippen molar-refractivity contribution in [3.05, 3.63) is 81.4 Å². The third-order valence-corrected chi connectivity index (χ3v) is 5.07. The summed E-state index contributed by atoms with van der Waals surface area (Å²) in [7, 11) is 0. The largest absolute Gasteiger partial charge is 0.348 e. The fourth-order valence-corrected chi connectivity index (χ4v) is 3.27. The van der Waals surface area contributed by atoms with E-state index in [0.29, 0.717) is 59.8 Å². The molecule has 0 aliphatic rings. The van der Waals surface area contributed by atoms with Gasteiger partial charge in [-0.05, 0) is 49.9 Å². The molecule has 0 bridgehead atoms. The minimum Gasteiger partial charge on any atom is -0.348 e. The molecule has 0 atom stereocenters. The van der Waals surface area contributed by atoms with Crippen molar-refractivity contribution < 1.29 is 9.59 Å². The van der Waals surface area contributed by atoms with Gasteiger partial charge in [-0.3, -0.25) is 9.59 Å². The highest BCUT2D eigenvalue weighted by molar-refractivity contribution is 5.95. The van der Waals surface area contributed by atoms with Crippen LogP contribution in [0, 0.1) is 13.8 Å². The Balaban J connectivity index is 1.57. The third-order valence-electron chi connectivity index (χ3n) is 5.07. The number of hydrogen-bond acceptors (Lipinski definition) is 6. The van der Waals surface area contributed by atoms with Crippen LogP contribution in [0.15, 0.2) is 36.4 Å². The fourth-order valence-electron chi connectivity index (χ4n) is 3.27. The third kappa shape index (κ3) is 5.72. The highest BCUT2D eigenvalue weighted by Gasteiger charge is 2.14. The Morgan fingerprint density at radius 1 is 0.688 bits per heavy atom. The van der Waals surface area contributed by atoms with Crippen LogP contribution in [0.1, 0.15) is 68.5 Å². The van der Waals surface area contributed by atoms with E-state index in [2.05, 4.69) is 31.0 Å². The normalized spacial score (nSPS) is 10.6. The van der Waals surface area contributed by atoms with Gasteiger partial charge in [-0.1, -0.05) is 38.1 Å². The van der Waals surface area contributed by atoms with E-state index < -0.39 is 0 Å². The number of aromatic nitrogens is 4. The van der Waals surface area contributed by atoms with E-state index in [1.807, 2.05) is 52.0 Å². The molecule has 8 nitrogen and oxygen atoms in total. The summed E-state index contributed by atoms with van der Waals surface area (Å²) in [6, 6.07) is 11.3. The van der Waals surface area contributed by atoms with E-state index in [1.165, 1.54) is 0 Å². The standard InChI is InChI=1S/C24H28N6O2/c1-5-21-19(11-15(3)27-29-21)23(31)25-13-17-7-9-18(10-8-17)14-26-24(32)20-12-16(4)28-30-22(20)6-2/h7-12H,5-6,13-14H2,1-4H3,(H,25,31)(H,26,32). The Bertz CT molecular complexity index is 1020. The van der Waals surface area contributed by atoms with Gasteiger partial charge in [-0.15, -0.1) is 0 Å². The van der Waals surface area contributed by atoms with Crippen LogP contribution in [0.5, 0.6) is 0 Å². The Hall–Kier alpha value is -3.68. The number of nitrogens with zero attached hydrogens (tertiary/aromatic N) is 4. The Labute approximate surface area is 187 Å². The predicted molar refractivity (Wildman–Crippen MR) is 121 cm³/mol. The molecule has 0 fully saturated rings. The monoisotopic (exact) mass is 432 g/mol. The molecule has 0 saturated carbocycles. The van der Waals surface area contributed by atoms with Gasteiger partial charge in [0.15, 0.2) is 0 Å². The molecule has 0 unspecified atom stereocenters. The minimum absolute atomic E-state index is 0.163. The topological polar surface area (TPSA) is 110 Å². The van der Waals surface area contributed by atoms with Gasteiger partial charge in [0, 0.05) is 13.1 Å². The second-order valence-electron chi connectivity index (χ2n) is 7.58. The lowest BCUT2D eigenvalue weighted by Gasteiger charge is -2.10. The SMILES string of the molecule is CCc1nnc(C)cc1C(=O)NCc1ccc(CNC(=O)c2cc(C)nnc2CC)cc1. The van der Waals surface area contributed by atoms with Crippen LogP contribution in [-0.2, 0) is 25.9 Å². The Morgan fingerprint density at radius 3 is 1.41 bits per heavy atom. The molecule has 0 spiro atoms. The number of hydrogen-bond donors (Lipinski definition) is 2. The summed E-state index contributed by atoms with van der Waals surface area (Å²) in [5, 5.41) is 22.1. The van der Waals surface area contributed by atoms with Crippen molar-refractivity contribution in [3.8, 4) is 0 Å². The molecule has 2 aromatic heterocycles. The van der Waals surface area contributed by atoms with Crippen molar-refractivity contribution >= 4 is 11.8 Å². The summed E-state index contributed by atoms with van der Waals surface area (Å²) in [6.07, 6.45) is 1.29. The molecule has 0 aliphatic carbocycles. The second kappa shape index (κ2) is 10.6. The maximum Gasteiger partial charge on any atom is 0.253 e. The zero-order valence-electron chi connectivity index (χ0n) is 18.9. The number of carbonyl (C=O) groups is 2. The number of amides is 2. The predicted octanol–water partition coefficient (Wildman–Crippen LogP) is 2.87. The van der Waals surface area contributed by atoms with Crippen molar-refractivity contribution in [3.63, 3.8) is 0 Å². The average molecular weight is 433 g/mol. The van der Waals surface area contributed by atoms with E-state index in [9.17, 15) is 9.59 Å². The zero-order valence-corrected chi connectivity index (χ0v) is 18.9. The van der Waals surface area contributed by atoms with Gasteiger partial charge in [-0.25, -0.2) is 0 Å². The van der Waals surface area contributed by atoms with Crippen LogP contribution < -0.4 is 10.6 Å². The summed E-state index contributed by atoms with van der Waals surface area (Å²) in [4.78, 5) is 25.1. The molecule has 2 amide bonds. The molecular weight excluding hydrogens is 404 g/mol. The molecule has 0 aliphatic heterocycles. The van der Waals surface area contributed by atoms with Crippen LogP contribution in [-0.4, -0.2) is 32.2 Å². The van der Waals surface area contributed by atoms with Crippen molar-refractivity contribution in [1.82, 2.24) is 31.0 Å². The van der Waals surface area contributed by atoms with Crippen molar-refractivity contribution in [2.45, 2.75) is 53.6 Å². The maximum absolute atomic E-state index is 12.6. The van der Waals surface area contributed by atoms with E-state index >= 15 is 0 Å². The van der Waals surface area contributed by atoms with Crippen molar-refractivity contribution in [2.24, 2.45) is 0 Å². The quantitative estimate of drug-likeness (QED) is 0.566. The lowest BCUT2D eigenvalue weighted by molar-refractivity contribution is 0.0940. The molecule has 3 rings (SSSR count). The summed E-state index contributed by atoms with van der Waals surface area (Å²) in [5.41, 5.74) is 5.85. The first-order valence-electron chi connectivity index (χ1n) is 10.7. The minimum atomic E-state index is -0.163. The molecule has 1 aromatic carbocycles. The highest BCUT2D eigenvalue weighted by atomic mass is 16.2. The van der Waals surface area contributed by atoms with E-state index in [0.717, 1.165) is 11.1 Å². The number of nitrogens with one attached hydrogen (secondary N) is 2. The first-order chi connectivity index (χ1) is 15.4. The molecule has 3 aromatic rings. The van der Waals surface area contributed by atoms with E-state index in [-0.39, 0.29) is 11.8 Å². The van der Waals surface area contributed by atoms with Gasteiger partial charge in [0.2, 0.25) is 0 Å². The van der Waals surface area contributed by atoms with Crippen LogP contribution in [0.4, 0.5) is 0 Å². The number of carbonyl (C=O) groups excluding carboxylic acids is 2. The maximum atomic E-state index is 12.6. The van der Waals surface area contributed by atoms with Crippen LogP contribution in [0.2, 0.25) is 0 Å². The van der Waals surface area contributed by atoms with Gasteiger partial charge >= 0.3 is 0 Å². The molecule has 0 radical (unpaired) electrons. The first-order valence-corrected chi connectivity index (χ1v) is 10.7. The van der Waals surface area contributed by atoms with Crippen LogP contribution in [0.25, 0.3) is 0 Å². The molecule has 2 N–H and O–H groups in total. The molecule has 0 saturated heterocycles. The molecule has 166 valence electrons. The van der Waals surface area contributed by atoms with E-state index in [1.54, 1.807) is 12.1 Å². The van der Waals surface area contributed by atoms with Gasteiger partial charge in [0.25, 0.3) is 11.8 Å². The molecule has 8 heteroatoms. The van der Waals surface area contributed by atoms with Crippen LogP contribution in [0.3, 0.4) is 0 Å². The number of aryl methyl sites for hydroxylation is 4. The van der Waals surface area contributed by atoms with Crippen molar-refractivity contribution in [1.29, 1.82) is 0 Å². The van der Waals surface area contributed by atoms with Gasteiger partial charge in [0.1, 0.15) is 0 Å². The number of rotatable bonds is 8. The van der Waals surface area contributed by atoms with Gasteiger partial charge < -0.3 is 10.6 Å². The van der Waals surface area contributed by atoms with Crippen LogP contribution >= 0.6 is 0 Å². The molecule has 2 heterocycles. The summed E-state index contributed by atoms with van der Waals surface area (Å²) in [6.45, 7) is 8.33. The van der Waals surface area contributed by atoms with Gasteiger partial charge in [-0.2, -0.15) is 20.4 Å². The molecular formula is C24H28N6O2. The smallest absolute Gasteiger partial charge is 0.253 e. The van der Waals surface area contributed by atoms with Gasteiger partial charge in [0.05, 0.1) is 33.9 Å². The average Bonchev–Trinajstić information content (AvgIpc) is 2.81. The lowest BCUT2D eigenvalue weighted by Crippen LogP contribution is -2.25. The Morgan fingerprint density at radius 2 is 1.06 bits per heavy atom. The van der Waals surface area contributed by atoms with Crippen molar-refractivity contribution in [2.75, 3.05) is 0 Å². The second-order valence-corrected chi connectivity index (χ2v) is 7.58. The Kier molecular flexibility index (Phi) is 7.59. The fraction of sp³-hybridized carbons (Fsp3) is 0.333. The summed E-state index contributed by atoms with van der Waals surface area (Å²) in [5.74, 6) is -0.326. The summed E-state index contributed by atoms with van der Waals surface area (Å²) < 4.78 is 0. The first kappa shape index (κ1) is 23.0. The zero-order chi connectivity index (χ0) is 23.1. The lowest BCUT2D eigenvalue weighted by atomic mass is 10.1. The number of benzene rings is 1. The molecule has 32 heavy (non-hydrogen) atoms. The highest BCUT2D eigenvalue weighted by Crippen LogP contribution is 2.10. The summed E-state index contributed by atoms with van der Waals surface area (Å²) >= 11 is 0.